The molecule has 0 atom stereocenters. The second-order valence-electron chi connectivity index (χ2n) is 5.13. The molecule has 116 valence electrons. The van der Waals surface area contributed by atoms with Crippen molar-refractivity contribution in [1.82, 2.24) is 19.5 Å². The van der Waals surface area contributed by atoms with Crippen LogP contribution in [0, 0.1) is 6.92 Å². The summed E-state index contributed by atoms with van der Waals surface area (Å²) in [6.45, 7) is 3.97. The van der Waals surface area contributed by atoms with Gasteiger partial charge in [0.1, 0.15) is 12.1 Å². The molecule has 0 bridgehead atoms. The number of aryl methyl sites for hydroxylation is 1. The van der Waals surface area contributed by atoms with Crippen LogP contribution >= 0.6 is 0 Å². The van der Waals surface area contributed by atoms with Crippen molar-refractivity contribution in [2.24, 2.45) is 0 Å². The highest BCUT2D eigenvalue weighted by Gasteiger charge is 2.15. The first-order valence-electron chi connectivity index (χ1n) is 7.30. The lowest BCUT2D eigenvalue weighted by atomic mass is 10.1. The van der Waals surface area contributed by atoms with Crippen LogP contribution in [0.3, 0.4) is 0 Å². The van der Waals surface area contributed by atoms with E-state index in [2.05, 4.69) is 15.0 Å². The van der Waals surface area contributed by atoms with Gasteiger partial charge in [-0.1, -0.05) is 37.3 Å². The zero-order valence-electron chi connectivity index (χ0n) is 12.9. The summed E-state index contributed by atoms with van der Waals surface area (Å²) in [7, 11) is 0. The van der Waals surface area contributed by atoms with Crippen molar-refractivity contribution < 1.29 is 9.90 Å². The van der Waals surface area contributed by atoms with Gasteiger partial charge in [0, 0.05) is 23.0 Å². The summed E-state index contributed by atoms with van der Waals surface area (Å²) >= 11 is 0. The van der Waals surface area contributed by atoms with Crippen LogP contribution < -0.4 is 0 Å². The van der Waals surface area contributed by atoms with E-state index in [4.69, 9.17) is 5.11 Å². The highest BCUT2D eigenvalue weighted by atomic mass is 16.4. The summed E-state index contributed by atoms with van der Waals surface area (Å²) in [6, 6.07) is 9.70. The summed E-state index contributed by atoms with van der Waals surface area (Å²) in [4.78, 5) is 24.2. The maximum absolute atomic E-state index is 11.0. The largest absolute Gasteiger partial charge is 0.476 e. The first-order valence-corrected chi connectivity index (χ1v) is 7.30. The van der Waals surface area contributed by atoms with Crippen molar-refractivity contribution in [3.63, 3.8) is 0 Å². The molecular formula is C17H16N4O2. The van der Waals surface area contributed by atoms with Crippen LogP contribution in [0.4, 0.5) is 0 Å². The number of carboxylic acid groups (broad SMARTS) is 1. The van der Waals surface area contributed by atoms with Gasteiger partial charge in [-0.25, -0.2) is 19.7 Å². The zero-order valence-corrected chi connectivity index (χ0v) is 12.9. The van der Waals surface area contributed by atoms with Crippen LogP contribution in [0.25, 0.3) is 17.2 Å². The third kappa shape index (κ3) is 2.83. The molecule has 0 aliphatic carbocycles. The second-order valence-corrected chi connectivity index (χ2v) is 5.13. The lowest BCUT2D eigenvalue weighted by Crippen LogP contribution is -2.06. The molecule has 6 nitrogen and oxygen atoms in total. The summed E-state index contributed by atoms with van der Waals surface area (Å²) in [5.74, 6) is 0.207. The molecule has 23 heavy (non-hydrogen) atoms. The molecule has 2 aromatic heterocycles. The lowest BCUT2D eigenvalue weighted by molar-refractivity contribution is 0.0691. The van der Waals surface area contributed by atoms with Crippen LogP contribution in [0.2, 0.25) is 0 Å². The lowest BCUT2D eigenvalue weighted by Gasteiger charge is -2.12. The van der Waals surface area contributed by atoms with Crippen LogP contribution in [-0.4, -0.2) is 30.6 Å². The number of hydrogen-bond acceptors (Lipinski definition) is 4. The number of aromatic nitrogens is 4. The molecule has 0 aliphatic heterocycles. The molecule has 1 N–H and O–H groups in total. The molecule has 3 rings (SSSR count). The summed E-state index contributed by atoms with van der Waals surface area (Å²) in [5, 5.41) is 9.04. The average molecular weight is 308 g/mol. The van der Waals surface area contributed by atoms with E-state index in [0.29, 0.717) is 11.6 Å². The van der Waals surface area contributed by atoms with Crippen molar-refractivity contribution in [2.45, 2.75) is 20.3 Å². The highest BCUT2D eigenvalue weighted by Crippen LogP contribution is 2.22. The first-order chi connectivity index (χ1) is 11.1. The van der Waals surface area contributed by atoms with Gasteiger partial charge in [-0.15, -0.1) is 0 Å². The summed E-state index contributed by atoms with van der Waals surface area (Å²) in [6.07, 6.45) is 3.69. The highest BCUT2D eigenvalue weighted by molar-refractivity contribution is 5.85. The molecule has 0 unspecified atom stereocenters. The molecule has 2 heterocycles. The SMILES string of the molecule is CCc1nc(-c2ccccc2)nc(-n2cnc(C(=O)O)c2)c1C. The predicted octanol–water partition coefficient (Wildman–Crippen LogP) is 2.90. The van der Waals surface area contributed by atoms with Gasteiger partial charge in [-0.3, -0.25) is 4.57 Å². The molecule has 0 saturated heterocycles. The Morgan fingerprint density at radius 3 is 2.57 bits per heavy atom. The Hall–Kier alpha value is -3.02. The fourth-order valence-electron chi connectivity index (χ4n) is 2.41. The Kier molecular flexibility index (Phi) is 3.89. The van der Waals surface area contributed by atoms with Crippen LogP contribution in [0.15, 0.2) is 42.9 Å². The third-order valence-corrected chi connectivity index (χ3v) is 3.63. The van der Waals surface area contributed by atoms with E-state index >= 15 is 0 Å². The van der Waals surface area contributed by atoms with Crippen LogP contribution in [0.5, 0.6) is 0 Å². The quantitative estimate of drug-likeness (QED) is 0.801. The van der Waals surface area contributed by atoms with E-state index in [9.17, 15) is 4.79 Å². The Morgan fingerprint density at radius 2 is 1.96 bits per heavy atom. The van der Waals surface area contributed by atoms with Gasteiger partial charge < -0.3 is 5.11 Å². The molecule has 0 radical (unpaired) electrons. The number of benzene rings is 1. The topological polar surface area (TPSA) is 80.9 Å². The normalized spacial score (nSPS) is 10.7. The maximum Gasteiger partial charge on any atom is 0.356 e. The van der Waals surface area contributed by atoms with Gasteiger partial charge in [-0.2, -0.15) is 0 Å². The van der Waals surface area contributed by atoms with E-state index in [0.717, 1.165) is 23.2 Å². The maximum atomic E-state index is 11.0. The Bertz CT molecular complexity index is 856. The number of imidazole rings is 1. The molecular weight excluding hydrogens is 292 g/mol. The van der Waals surface area contributed by atoms with E-state index < -0.39 is 5.97 Å². The van der Waals surface area contributed by atoms with Gasteiger partial charge in [0.25, 0.3) is 0 Å². The summed E-state index contributed by atoms with van der Waals surface area (Å²) < 4.78 is 1.63. The van der Waals surface area contributed by atoms with Crippen molar-refractivity contribution in [3.8, 4) is 17.2 Å². The van der Waals surface area contributed by atoms with Gasteiger partial charge >= 0.3 is 5.97 Å². The number of aromatic carboxylic acids is 1. The molecule has 1 aromatic carbocycles. The minimum atomic E-state index is -1.06. The Balaban J connectivity index is 2.17. The van der Waals surface area contributed by atoms with Crippen molar-refractivity contribution in [1.29, 1.82) is 0 Å². The Labute approximate surface area is 133 Å². The van der Waals surface area contributed by atoms with E-state index in [-0.39, 0.29) is 5.69 Å². The number of hydrogen-bond donors (Lipinski definition) is 1. The molecule has 3 aromatic rings. The number of carboxylic acids is 1. The van der Waals surface area contributed by atoms with Crippen molar-refractivity contribution in [2.75, 3.05) is 0 Å². The van der Waals surface area contributed by atoms with Crippen LogP contribution in [0.1, 0.15) is 28.7 Å². The zero-order chi connectivity index (χ0) is 16.4. The smallest absolute Gasteiger partial charge is 0.356 e. The van der Waals surface area contributed by atoms with E-state index in [1.165, 1.54) is 12.5 Å². The fraction of sp³-hybridized carbons (Fsp3) is 0.176. The molecule has 0 spiro atoms. The monoisotopic (exact) mass is 308 g/mol. The molecule has 0 aliphatic rings. The predicted molar refractivity (Wildman–Crippen MR) is 85.7 cm³/mol. The van der Waals surface area contributed by atoms with Gasteiger partial charge in [0.05, 0.1) is 0 Å². The summed E-state index contributed by atoms with van der Waals surface area (Å²) in [5.41, 5.74) is 2.75. The first kappa shape index (κ1) is 14.9. The minimum Gasteiger partial charge on any atom is -0.476 e. The Morgan fingerprint density at radius 1 is 1.22 bits per heavy atom. The molecule has 6 heteroatoms. The third-order valence-electron chi connectivity index (χ3n) is 3.63. The number of nitrogens with zero attached hydrogens (tertiary/aromatic N) is 4. The minimum absolute atomic E-state index is 0.0117. The van der Waals surface area contributed by atoms with Gasteiger partial charge in [-0.05, 0) is 13.3 Å². The van der Waals surface area contributed by atoms with Gasteiger partial charge in [0.15, 0.2) is 11.5 Å². The van der Waals surface area contributed by atoms with E-state index in [1.54, 1.807) is 4.57 Å². The molecule has 0 amide bonds. The molecule has 0 saturated carbocycles. The van der Waals surface area contributed by atoms with Gasteiger partial charge in [0.2, 0.25) is 0 Å². The van der Waals surface area contributed by atoms with Crippen LogP contribution in [-0.2, 0) is 6.42 Å². The number of rotatable bonds is 4. The fourth-order valence-corrected chi connectivity index (χ4v) is 2.41. The average Bonchev–Trinajstić information content (AvgIpc) is 3.06. The van der Waals surface area contributed by atoms with Crippen molar-refractivity contribution >= 4 is 5.97 Å². The standard InChI is InChI=1S/C17H16N4O2/c1-3-13-11(2)16(21-9-14(17(22)23)18-10-21)20-15(19-13)12-7-5-4-6-8-12/h4-10H,3H2,1-2H3,(H,22,23). The molecule has 0 fully saturated rings. The van der Waals surface area contributed by atoms with Crippen molar-refractivity contribution in [3.05, 3.63) is 59.8 Å². The second kappa shape index (κ2) is 6.00. The van der Waals surface area contributed by atoms with E-state index in [1.807, 2.05) is 44.2 Å². The number of carbonyl (C=O) groups is 1.